The van der Waals surface area contributed by atoms with Gasteiger partial charge in [-0.15, -0.1) is 0 Å². The Bertz CT molecular complexity index is 941. The van der Waals surface area contributed by atoms with Crippen molar-refractivity contribution in [3.05, 3.63) is 63.7 Å². The maximum atomic E-state index is 12.1. The molecule has 9 heteroatoms. The van der Waals surface area contributed by atoms with Crippen LogP contribution in [0.5, 0.6) is 0 Å². The fraction of sp³-hybridized carbons (Fsp3) is 0.235. The van der Waals surface area contributed by atoms with Gasteiger partial charge < -0.3 is 10.6 Å². The van der Waals surface area contributed by atoms with Crippen LogP contribution in [0.1, 0.15) is 11.1 Å². The smallest absolute Gasteiger partial charge is 0.293 e. The van der Waals surface area contributed by atoms with Gasteiger partial charge >= 0.3 is 0 Å². The normalized spacial score (nSPS) is 11.0. The number of aryl methyl sites for hydroxylation is 1. The number of sulfone groups is 1. The molecule has 1 amide bonds. The molecule has 0 saturated heterocycles. The highest BCUT2D eigenvalue weighted by molar-refractivity contribution is 7.89. The molecule has 0 aromatic heterocycles. The second-order valence-electron chi connectivity index (χ2n) is 5.91. The zero-order valence-electron chi connectivity index (χ0n) is 14.4. The number of para-hydroxylation sites is 1. The van der Waals surface area contributed by atoms with Crippen LogP contribution in [0.4, 0.5) is 17.1 Å². The van der Waals surface area contributed by atoms with Crippen molar-refractivity contribution in [2.45, 2.75) is 12.7 Å². The average molecular weight is 377 g/mol. The highest BCUT2D eigenvalue weighted by Crippen LogP contribution is 2.25. The Kier molecular flexibility index (Phi) is 5.93. The van der Waals surface area contributed by atoms with Gasteiger partial charge in [0.15, 0.2) is 9.84 Å². The first-order chi connectivity index (χ1) is 12.2. The van der Waals surface area contributed by atoms with E-state index < -0.39 is 20.7 Å². The van der Waals surface area contributed by atoms with E-state index in [1.807, 2.05) is 0 Å². The predicted molar refractivity (Wildman–Crippen MR) is 99.9 cm³/mol. The van der Waals surface area contributed by atoms with Crippen molar-refractivity contribution in [3.63, 3.8) is 0 Å². The molecule has 2 N–H and O–H groups in total. The minimum absolute atomic E-state index is 0.108. The predicted octanol–water partition coefficient (Wildman–Crippen LogP) is 2.50. The number of benzene rings is 2. The van der Waals surface area contributed by atoms with Crippen LogP contribution in [-0.4, -0.2) is 32.0 Å². The third-order valence-corrected chi connectivity index (χ3v) is 4.33. The molecule has 2 aromatic rings. The summed E-state index contributed by atoms with van der Waals surface area (Å²) in [6.45, 7) is 1.56. The fourth-order valence-electron chi connectivity index (χ4n) is 2.37. The summed E-state index contributed by atoms with van der Waals surface area (Å²) in [5, 5.41) is 16.5. The molecule has 0 atom stereocenters. The Morgan fingerprint density at radius 1 is 1.15 bits per heavy atom. The average Bonchev–Trinajstić information content (AvgIpc) is 2.54. The monoisotopic (exact) mass is 377 g/mol. The van der Waals surface area contributed by atoms with Crippen molar-refractivity contribution in [2.24, 2.45) is 0 Å². The summed E-state index contributed by atoms with van der Waals surface area (Å²) in [6, 6.07) is 11.3. The minimum atomic E-state index is -3.22. The molecule has 0 aliphatic heterocycles. The van der Waals surface area contributed by atoms with E-state index in [1.54, 1.807) is 37.3 Å². The van der Waals surface area contributed by atoms with Gasteiger partial charge in [0.1, 0.15) is 5.69 Å². The highest BCUT2D eigenvalue weighted by Gasteiger charge is 2.16. The van der Waals surface area contributed by atoms with Crippen molar-refractivity contribution in [1.82, 2.24) is 0 Å². The zero-order chi connectivity index (χ0) is 19.3. The summed E-state index contributed by atoms with van der Waals surface area (Å²) < 4.78 is 23.0. The second kappa shape index (κ2) is 7.96. The Labute approximate surface area is 151 Å². The van der Waals surface area contributed by atoms with E-state index in [-0.39, 0.29) is 23.7 Å². The number of anilines is 2. The quantitative estimate of drug-likeness (QED) is 0.565. The number of nitro benzene ring substituents is 1. The molecule has 0 bridgehead atoms. The van der Waals surface area contributed by atoms with E-state index in [0.717, 1.165) is 6.26 Å². The van der Waals surface area contributed by atoms with Gasteiger partial charge in [0.2, 0.25) is 5.91 Å². The van der Waals surface area contributed by atoms with Gasteiger partial charge in [0.05, 0.1) is 17.2 Å². The van der Waals surface area contributed by atoms with Crippen molar-refractivity contribution in [1.29, 1.82) is 0 Å². The van der Waals surface area contributed by atoms with Gasteiger partial charge in [0, 0.05) is 18.0 Å². The first-order valence-corrected chi connectivity index (χ1v) is 9.76. The maximum Gasteiger partial charge on any atom is 0.293 e. The molecule has 0 heterocycles. The van der Waals surface area contributed by atoms with Crippen LogP contribution in [-0.2, 0) is 20.4 Å². The first-order valence-electron chi connectivity index (χ1n) is 7.70. The summed E-state index contributed by atoms with van der Waals surface area (Å²) in [4.78, 5) is 22.7. The van der Waals surface area contributed by atoms with Crippen molar-refractivity contribution in [3.8, 4) is 0 Å². The van der Waals surface area contributed by atoms with E-state index in [9.17, 15) is 23.3 Å². The largest absolute Gasteiger partial charge is 0.376 e. The fourth-order valence-corrected chi connectivity index (χ4v) is 3.19. The second-order valence-corrected chi connectivity index (χ2v) is 8.05. The SMILES string of the molecule is Cc1ccc(NC(=O)CNc2ccccc2CS(C)(=O)=O)c([N+](=O)[O-])c1. The Morgan fingerprint density at radius 3 is 2.50 bits per heavy atom. The number of hydrogen-bond acceptors (Lipinski definition) is 6. The Balaban J connectivity index is 2.08. The van der Waals surface area contributed by atoms with Crippen LogP contribution < -0.4 is 10.6 Å². The summed E-state index contributed by atoms with van der Waals surface area (Å²) in [5.41, 5.74) is 1.70. The van der Waals surface area contributed by atoms with Crippen LogP contribution in [0.15, 0.2) is 42.5 Å². The number of carbonyl (C=O) groups is 1. The molecule has 138 valence electrons. The number of nitro groups is 1. The van der Waals surface area contributed by atoms with Gasteiger partial charge in [-0.25, -0.2) is 8.42 Å². The summed E-state index contributed by atoms with van der Waals surface area (Å²) in [7, 11) is -3.22. The van der Waals surface area contributed by atoms with E-state index in [4.69, 9.17) is 0 Å². The number of carbonyl (C=O) groups excluding carboxylic acids is 1. The minimum Gasteiger partial charge on any atom is -0.376 e. The van der Waals surface area contributed by atoms with Gasteiger partial charge in [-0.1, -0.05) is 24.3 Å². The lowest BCUT2D eigenvalue weighted by molar-refractivity contribution is -0.384. The first kappa shape index (κ1) is 19.4. The number of nitrogens with one attached hydrogen (secondary N) is 2. The van der Waals surface area contributed by atoms with Crippen LogP contribution >= 0.6 is 0 Å². The summed E-state index contributed by atoms with van der Waals surface area (Å²) >= 11 is 0. The van der Waals surface area contributed by atoms with Crippen LogP contribution in [0.2, 0.25) is 0 Å². The molecule has 2 aromatic carbocycles. The molecule has 0 fully saturated rings. The number of amides is 1. The van der Waals surface area contributed by atoms with Gasteiger partial charge in [-0.3, -0.25) is 14.9 Å². The molecule has 0 aliphatic carbocycles. The van der Waals surface area contributed by atoms with Crippen molar-refractivity contribution >= 4 is 32.8 Å². The third kappa shape index (κ3) is 5.55. The molecule has 26 heavy (non-hydrogen) atoms. The van der Waals surface area contributed by atoms with E-state index in [2.05, 4.69) is 10.6 Å². The lowest BCUT2D eigenvalue weighted by Crippen LogP contribution is -2.23. The highest BCUT2D eigenvalue weighted by atomic mass is 32.2. The third-order valence-electron chi connectivity index (χ3n) is 3.50. The summed E-state index contributed by atoms with van der Waals surface area (Å²) in [6.07, 6.45) is 1.13. The lowest BCUT2D eigenvalue weighted by atomic mass is 10.2. The Hall–Kier alpha value is -2.94. The van der Waals surface area contributed by atoms with Crippen LogP contribution in [0, 0.1) is 17.0 Å². The molecule has 0 unspecified atom stereocenters. The molecule has 0 aliphatic rings. The van der Waals surface area contributed by atoms with Crippen molar-refractivity contribution < 1.29 is 18.1 Å². The number of nitrogens with zero attached hydrogens (tertiary/aromatic N) is 1. The number of hydrogen-bond donors (Lipinski definition) is 2. The molecule has 0 saturated carbocycles. The van der Waals surface area contributed by atoms with E-state index >= 15 is 0 Å². The number of rotatable bonds is 7. The standard InChI is InChI=1S/C17H19N3O5S/c1-12-7-8-15(16(9-12)20(22)23)19-17(21)10-18-14-6-4-3-5-13(14)11-26(2,24)25/h3-9,18H,10-11H2,1-2H3,(H,19,21). The van der Waals surface area contributed by atoms with E-state index in [0.29, 0.717) is 16.8 Å². The van der Waals surface area contributed by atoms with Crippen LogP contribution in [0.3, 0.4) is 0 Å². The lowest BCUT2D eigenvalue weighted by Gasteiger charge is -2.12. The molecule has 0 spiro atoms. The van der Waals surface area contributed by atoms with Gasteiger partial charge in [-0.2, -0.15) is 0 Å². The van der Waals surface area contributed by atoms with Gasteiger partial charge in [-0.05, 0) is 30.2 Å². The molecule has 0 radical (unpaired) electrons. The molecular weight excluding hydrogens is 358 g/mol. The topological polar surface area (TPSA) is 118 Å². The molecule has 8 nitrogen and oxygen atoms in total. The summed E-state index contributed by atoms with van der Waals surface area (Å²) in [5.74, 6) is -0.632. The van der Waals surface area contributed by atoms with Crippen molar-refractivity contribution in [2.75, 3.05) is 23.4 Å². The zero-order valence-corrected chi connectivity index (χ0v) is 15.2. The molecule has 2 rings (SSSR count). The van der Waals surface area contributed by atoms with Crippen LogP contribution in [0.25, 0.3) is 0 Å². The maximum absolute atomic E-state index is 12.1. The van der Waals surface area contributed by atoms with E-state index in [1.165, 1.54) is 12.1 Å². The molecular formula is C17H19N3O5S. The Morgan fingerprint density at radius 2 is 1.85 bits per heavy atom. The van der Waals surface area contributed by atoms with Gasteiger partial charge in [0.25, 0.3) is 5.69 Å².